The SMILES string of the molecule is CC(=O)O[C@H](C)OC(=O)OC(C)C. The molecule has 0 spiro atoms. The Kier molecular flexibility index (Phi) is 4.87. The van der Waals surface area contributed by atoms with Crippen LogP contribution in [0.3, 0.4) is 0 Å². The monoisotopic (exact) mass is 190 g/mol. The van der Waals surface area contributed by atoms with Gasteiger partial charge >= 0.3 is 12.1 Å². The van der Waals surface area contributed by atoms with Crippen LogP contribution < -0.4 is 0 Å². The van der Waals surface area contributed by atoms with Gasteiger partial charge in [-0.15, -0.1) is 0 Å². The van der Waals surface area contributed by atoms with Crippen LogP contribution in [0.1, 0.15) is 27.7 Å². The number of carbonyl (C=O) groups is 2. The molecule has 0 saturated carbocycles. The van der Waals surface area contributed by atoms with Gasteiger partial charge in [-0.3, -0.25) is 4.79 Å². The van der Waals surface area contributed by atoms with Crippen LogP contribution in [-0.4, -0.2) is 24.5 Å². The predicted molar refractivity (Wildman–Crippen MR) is 43.9 cm³/mol. The average Bonchev–Trinajstić information content (AvgIpc) is 1.80. The molecule has 0 bridgehead atoms. The van der Waals surface area contributed by atoms with Crippen molar-refractivity contribution in [2.45, 2.75) is 40.1 Å². The van der Waals surface area contributed by atoms with Gasteiger partial charge in [0.05, 0.1) is 6.10 Å². The first kappa shape index (κ1) is 11.7. The molecule has 0 aromatic carbocycles. The standard InChI is InChI=1S/C8H14O5/c1-5(2)11-8(10)13-7(4)12-6(3)9/h5,7H,1-4H3/t7-/m0/s1. The van der Waals surface area contributed by atoms with E-state index in [2.05, 4.69) is 14.2 Å². The number of esters is 1. The first-order chi connectivity index (χ1) is 5.91. The van der Waals surface area contributed by atoms with E-state index in [1.54, 1.807) is 13.8 Å². The molecule has 0 heterocycles. The minimum Gasteiger partial charge on any atom is -0.431 e. The van der Waals surface area contributed by atoms with Crippen molar-refractivity contribution >= 4 is 12.1 Å². The van der Waals surface area contributed by atoms with Gasteiger partial charge in [0.1, 0.15) is 0 Å². The lowest BCUT2D eigenvalue weighted by atomic mass is 10.5. The van der Waals surface area contributed by atoms with Gasteiger partial charge in [0.25, 0.3) is 0 Å². The summed E-state index contributed by atoms with van der Waals surface area (Å²) < 4.78 is 13.8. The van der Waals surface area contributed by atoms with Crippen LogP contribution in [0.15, 0.2) is 0 Å². The molecular weight excluding hydrogens is 176 g/mol. The maximum absolute atomic E-state index is 10.8. The van der Waals surface area contributed by atoms with Gasteiger partial charge in [-0.2, -0.15) is 0 Å². The van der Waals surface area contributed by atoms with E-state index < -0.39 is 18.4 Å². The molecule has 0 unspecified atom stereocenters. The topological polar surface area (TPSA) is 61.8 Å². The highest BCUT2D eigenvalue weighted by Crippen LogP contribution is 1.99. The molecule has 1 atom stereocenters. The Balaban J connectivity index is 3.71. The third kappa shape index (κ3) is 7.11. The zero-order chi connectivity index (χ0) is 10.4. The molecule has 5 nitrogen and oxygen atoms in total. The van der Waals surface area contributed by atoms with Crippen molar-refractivity contribution in [3.05, 3.63) is 0 Å². The van der Waals surface area contributed by atoms with E-state index in [1.807, 2.05) is 0 Å². The third-order valence-corrected chi connectivity index (χ3v) is 0.926. The molecule has 0 fully saturated rings. The van der Waals surface area contributed by atoms with E-state index in [-0.39, 0.29) is 6.10 Å². The summed E-state index contributed by atoms with van der Waals surface area (Å²) in [6.45, 7) is 6.05. The predicted octanol–water partition coefficient (Wildman–Crippen LogP) is 1.46. The molecule has 0 aromatic heterocycles. The first-order valence-corrected chi connectivity index (χ1v) is 3.96. The maximum Gasteiger partial charge on any atom is 0.511 e. The molecule has 0 N–H and O–H groups in total. The molecule has 0 saturated heterocycles. The second kappa shape index (κ2) is 5.40. The summed E-state index contributed by atoms with van der Waals surface area (Å²) in [5, 5.41) is 0. The smallest absolute Gasteiger partial charge is 0.431 e. The van der Waals surface area contributed by atoms with Crippen LogP contribution in [0.25, 0.3) is 0 Å². The molecule has 0 amide bonds. The van der Waals surface area contributed by atoms with Gasteiger partial charge in [0, 0.05) is 13.8 Å². The summed E-state index contributed by atoms with van der Waals surface area (Å²) in [4.78, 5) is 21.2. The zero-order valence-electron chi connectivity index (χ0n) is 8.20. The zero-order valence-corrected chi connectivity index (χ0v) is 8.20. The minimum atomic E-state index is -0.913. The summed E-state index contributed by atoms with van der Waals surface area (Å²) >= 11 is 0. The van der Waals surface area contributed by atoms with Gasteiger partial charge in [0.2, 0.25) is 6.29 Å². The van der Waals surface area contributed by atoms with Crippen LogP contribution in [-0.2, 0) is 19.0 Å². The number of ether oxygens (including phenoxy) is 3. The van der Waals surface area contributed by atoms with Crippen molar-refractivity contribution in [1.29, 1.82) is 0 Å². The van der Waals surface area contributed by atoms with E-state index in [9.17, 15) is 9.59 Å². The number of hydrogen-bond acceptors (Lipinski definition) is 5. The highest BCUT2D eigenvalue weighted by molar-refractivity contribution is 5.66. The summed E-state index contributed by atoms with van der Waals surface area (Å²) in [5.74, 6) is -0.509. The van der Waals surface area contributed by atoms with Crippen molar-refractivity contribution in [2.75, 3.05) is 0 Å². The Morgan fingerprint density at radius 1 is 1.00 bits per heavy atom. The summed E-state index contributed by atoms with van der Waals surface area (Å²) in [7, 11) is 0. The van der Waals surface area contributed by atoms with Crippen LogP contribution in [0.2, 0.25) is 0 Å². The molecule has 0 aliphatic rings. The van der Waals surface area contributed by atoms with Gasteiger partial charge in [-0.05, 0) is 13.8 Å². The fraction of sp³-hybridized carbons (Fsp3) is 0.750. The fourth-order valence-corrected chi connectivity index (χ4v) is 0.614. The highest BCUT2D eigenvalue weighted by atomic mass is 16.8. The Hall–Kier alpha value is -1.26. The molecule has 76 valence electrons. The lowest BCUT2D eigenvalue weighted by Gasteiger charge is -2.13. The van der Waals surface area contributed by atoms with Crippen molar-refractivity contribution in [3.8, 4) is 0 Å². The van der Waals surface area contributed by atoms with E-state index in [4.69, 9.17) is 0 Å². The lowest BCUT2D eigenvalue weighted by Crippen LogP contribution is -2.22. The second-order valence-corrected chi connectivity index (χ2v) is 2.71. The van der Waals surface area contributed by atoms with Crippen molar-refractivity contribution in [2.24, 2.45) is 0 Å². The Morgan fingerprint density at radius 2 is 1.54 bits per heavy atom. The van der Waals surface area contributed by atoms with Gasteiger partial charge in [-0.1, -0.05) is 0 Å². The number of carbonyl (C=O) groups excluding carboxylic acids is 2. The van der Waals surface area contributed by atoms with Crippen LogP contribution in [0.5, 0.6) is 0 Å². The Labute approximate surface area is 77.0 Å². The molecule has 0 aliphatic carbocycles. The van der Waals surface area contributed by atoms with E-state index >= 15 is 0 Å². The van der Waals surface area contributed by atoms with E-state index in [0.29, 0.717) is 0 Å². The van der Waals surface area contributed by atoms with Crippen LogP contribution in [0.4, 0.5) is 4.79 Å². The lowest BCUT2D eigenvalue weighted by molar-refractivity contribution is -0.165. The average molecular weight is 190 g/mol. The molecule has 0 radical (unpaired) electrons. The Morgan fingerprint density at radius 3 is 1.92 bits per heavy atom. The fourth-order valence-electron chi connectivity index (χ4n) is 0.614. The van der Waals surface area contributed by atoms with Gasteiger partial charge in [-0.25, -0.2) is 4.79 Å². The highest BCUT2D eigenvalue weighted by Gasteiger charge is 2.13. The second-order valence-electron chi connectivity index (χ2n) is 2.71. The van der Waals surface area contributed by atoms with Crippen LogP contribution in [0, 0.1) is 0 Å². The van der Waals surface area contributed by atoms with Crippen molar-refractivity contribution < 1.29 is 23.8 Å². The van der Waals surface area contributed by atoms with Gasteiger partial charge < -0.3 is 14.2 Å². The molecule has 0 aliphatic heterocycles. The minimum absolute atomic E-state index is 0.253. The third-order valence-electron chi connectivity index (χ3n) is 0.926. The largest absolute Gasteiger partial charge is 0.511 e. The van der Waals surface area contributed by atoms with Crippen LogP contribution >= 0.6 is 0 Å². The molecule has 5 heteroatoms. The molecule has 0 rings (SSSR count). The van der Waals surface area contributed by atoms with Crippen molar-refractivity contribution in [3.63, 3.8) is 0 Å². The summed E-state index contributed by atoms with van der Waals surface area (Å²) in [6.07, 6.45) is -2.01. The quantitative estimate of drug-likeness (QED) is 0.498. The van der Waals surface area contributed by atoms with E-state index in [1.165, 1.54) is 13.8 Å². The number of hydrogen-bond donors (Lipinski definition) is 0. The van der Waals surface area contributed by atoms with E-state index in [0.717, 1.165) is 0 Å². The normalized spacial score (nSPS) is 12.1. The number of rotatable bonds is 3. The van der Waals surface area contributed by atoms with Gasteiger partial charge in [0.15, 0.2) is 0 Å². The summed E-state index contributed by atoms with van der Waals surface area (Å²) in [5.41, 5.74) is 0. The summed E-state index contributed by atoms with van der Waals surface area (Å²) in [6, 6.07) is 0. The Bertz CT molecular complexity index is 187. The molecule has 13 heavy (non-hydrogen) atoms. The maximum atomic E-state index is 10.8. The van der Waals surface area contributed by atoms with Crippen molar-refractivity contribution in [1.82, 2.24) is 0 Å². The first-order valence-electron chi connectivity index (χ1n) is 3.96. The molecule has 0 aromatic rings. The molecular formula is C8H14O5.